The number of unbranched alkanes of at least 4 members (excludes halogenated alkanes) is 18. The molecule has 1 aromatic rings. The van der Waals surface area contributed by atoms with Crippen LogP contribution in [-0.2, 0) is 9.47 Å². The van der Waals surface area contributed by atoms with Gasteiger partial charge in [-0.3, -0.25) is 4.98 Å². The molecular weight excluding hydrogens is 450 g/mol. The minimum absolute atomic E-state index is 0.301. The fraction of sp³-hybridized carbons (Fsp3) is 0.774. The van der Waals surface area contributed by atoms with E-state index in [1.807, 2.05) is 0 Å². The largest absolute Gasteiger partial charge is 0.462 e. The van der Waals surface area contributed by atoms with Crippen LogP contribution in [0, 0.1) is 0 Å². The maximum Gasteiger partial charge on any atom is 0.339 e. The number of rotatable bonds is 24. The fourth-order valence-corrected chi connectivity index (χ4v) is 4.34. The first-order valence-corrected chi connectivity index (χ1v) is 15.0. The average molecular weight is 504 g/mol. The van der Waals surface area contributed by atoms with Gasteiger partial charge in [0.2, 0.25) is 0 Å². The molecule has 0 radical (unpaired) electrons. The van der Waals surface area contributed by atoms with Gasteiger partial charge in [-0.25, -0.2) is 9.59 Å². The summed E-state index contributed by atoms with van der Waals surface area (Å²) in [5.74, 6) is -0.856. The van der Waals surface area contributed by atoms with Crippen LogP contribution in [0.25, 0.3) is 0 Å². The van der Waals surface area contributed by atoms with E-state index in [2.05, 4.69) is 18.8 Å². The number of pyridine rings is 1. The van der Waals surface area contributed by atoms with Gasteiger partial charge in [-0.05, 0) is 18.9 Å². The average Bonchev–Trinajstić information content (AvgIpc) is 2.90. The molecule has 0 atom stereocenters. The van der Waals surface area contributed by atoms with Crippen LogP contribution in [0.1, 0.15) is 163 Å². The van der Waals surface area contributed by atoms with E-state index in [4.69, 9.17) is 9.47 Å². The number of carbonyl (C=O) groups is 2. The Labute approximate surface area is 221 Å². The fourth-order valence-electron chi connectivity index (χ4n) is 4.34. The molecule has 1 heterocycles. The number of esters is 2. The van der Waals surface area contributed by atoms with E-state index < -0.39 is 11.9 Å². The molecule has 0 aromatic carbocycles. The molecule has 5 nitrogen and oxygen atoms in total. The van der Waals surface area contributed by atoms with E-state index in [1.165, 1.54) is 121 Å². The lowest BCUT2D eigenvalue weighted by Gasteiger charge is -2.07. The van der Waals surface area contributed by atoms with Gasteiger partial charge in [-0.2, -0.15) is 0 Å². The second-order valence-electron chi connectivity index (χ2n) is 10.1. The maximum atomic E-state index is 12.3. The molecule has 0 spiro atoms. The molecule has 0 amide bonds. The van der Waals surface area contributed by atoms with E-state index >= 15 is 0 Å². The topological polar surface area (TPSA) is 65.5 Å². The number of aromatic nitrogens is 1. The van der Waals surface area contributed by atoms with Crippen LogP contribution in [0.3, 0.4) is 0 Å². The van der Waals surface area contributed by atoms with Crippen LogP contribution in [-0.4, -0.2) is 30.1 Å². The molecule has 0 N–H and O–H groups in total. The number of carbonyl (C=O) groups excluding carboxylic acids is 2. The van der Waals surface area contributed by atoms with Crippen molar-refractivity contribution in [3.05, 3.63) is 29.6 Å². The number of hydrogen-bond donors (Lipinski definition) is 0. The second kappa shape index (κ2) is 23.5. The maximum absolute atomic E-state index is 12.3. The molecule has 0 aliphatic heterocycles. The number of nitrogens with zero attached hydrogens (tertiary/aromatic N) is 1. The zero-order chi connectivity index (χ0) is 26.1. The predicted octanol–water partition coefficient (Wildman–Crippen LogP) is 9.24. The highest BCUT2D eigenvalue weighted by atomic mass is 16.5. The molecule has 0 saturated heterocycles. The summed E-state index contributed by atoms with van der Waals surface area (Å²) in [5, 5.41) is 0. The molecule has 0 fully saturated rings. The smallest absolute Gasteiger partial charge is 0.339 e. The monoisotopic (exact) mass is 503 g/mol. The van der Waals surface area contributed by atoms with Crippen molar-refractivity contribution in [1.82, 2.24) is 4.98 Å². The lowest BCUT2D eigenvalue weighted by atomic mass is 10.1. The van der Waals surface area contributed by atoms with Crippen LogP contribution in [0.5, 0.6) is 0 Å². The lowest BCUT2D eigenvalue weighted by molar-refractivity contribution is 0.0495. The molecule has 0 saturated carbocycles. The summed E-state index contributed by atoms with van der Waals surface area (Å²) in [6.07, 6.45) is 27.7. The van der Waals surface area contributed by atoms with Crippen molar-refractivity contribution in [3.8, 4) is 0 Å². The summed E-state index contributed by atoms with van der Waals surface area (Å²) >= 11 is 0. The van der Waals surface area contributed by atoms with Gasteiger partial charge in [-0.1, -0.05) is 129 Å². The first kappa shape index (κ1) is 32.1. The molecule has 206 valence electrons. The van der Waals surface area contributed by atoms with Gasteiger partial charge in [0, 0.05) is 12.4 Å². The van der Waals surface area contributed by atoms with Gasteiger partial charge in [-0.15, -0.1) is 0 Å². The van der Waals surface area contributed by atoms with Crippen molar-refractivity contribution >= 4 is 11.9 Å². The van der Waals surface area contributed by atoms with Crippen LogP contribution in [0.15, 0.2) is 18.5 Å². The molecule has 0 aliphatic carbocycles. The van der Waals surface area contributed by atoms with Crippen molar-refractivity contribution in [2.24, 2.45) is 0 Å². The van der Waals surface area contributed by atoms with Crippen LogP contribution in [0.2, 0.25) is 0 Å². The van der Waals surface area contributed by atoms with Gasteiger partial charge in [0.15, 0.2) is 0 Å². The minimum Gasteiger partial charge on any atom is -0.462 e. The Balaban J connectivity index is 2.10. The van der Waals surface area contributed by atoms with Crippen LogP contribution >= 0.6 is 0 Å². The highest BCUT2D eigenvalue weighted by Gasteiger charge is 2.13. The number of ether oxygens (including phenoxy) is 2. The Morgan fingerprint density at radius 2 is 0.833 bits per heavy atom. The zero-order valence-electron chi connectivity index (χ0n) is 23.4. The summed E-state index contributed by atoms with van der Waals surface area (Å²) in [6, 6.07) is 1.52. The molecule has 5 heteroatoms. The third kappa shape index (κ3) is 17.5. The minimum atomic E-state index is -0.428. The molecule has 0 bridgehead atoms. The normalized spacial score (nSPS) is 10.9. The van der Waals surface area contributed by atoms with Gasteiger partial charge < -0.3 is 9.47 Å². The van der Waals surface area contributed by atoms with Crippen molar-refractivity contribution in [1.29, 1.82) is 0 Å². The first-order chi connectivity index (χ1) is 17.7. The third-order valence-electron chi connectivity index (χ3n) is 6.67. The standard InChI is InChI=1S/C31H53NO4/c1-3-5-7-9-11-13-15-17-19-21-23-35-30(33)28-25-29(27-32-26-28)31(34)36-24-22-20-18-16-14-12-10-8-6-4-2/h25-27H,3-24H2,1-2H3. The predicted molar refractivity (Wildman–Crippen MR) is 148 cm³/mol. The Hall–Kier alpha value is -1.91. The van der Waals surface area contributed by atoms with E-state index in [-0.39, 0.29) is 0 Å². The van der Waals surface area contributed by atoms with E-state index in [1.54, 1.807) is 0 Å². The summed E-state index contributed by atoms with van der Waals surface area (Å²) in [5.41, 5.74) is 0.603. The zero-order valence-corrected chi connectivity index (χ0v) is 23.4. The highest BCUT2D eigenvalue weighted by molar-refractivity contribution is 5.94. The SMILES string of the molecule is CCCCCCCCCCCCOC(=O)c1cncc(C(=O)OCCCCCCCCCCCC)c1. The molecule has 0 aliphatic rings. The lowest BCUT2D eigenvalue weighted by Crippen LogP contribution is -2.11. The van der Waals surface area contributed by atoms with Gasteiger partial charge in [0.1, 0.15) is 0 Å². The summed E-state index contributed by atoms with van der Waals surface area (Å²) < 4.78 is 10.8. The second-order valence-corrected chi connectivity index (χ2v) is 10.1. The molecule has 1 rings (SSSR count). The van der Waals surface area contributed by atoms with Gasteiger partial charge >= 0.3 is 11.9 Å². The Bertz CT molecular complexity index is 623. The van der Waals surface area contributed by atoms with Crippen LogP contribution < -0.4 is 0 Å². The summed E-state index contributed by atoms with van der Waals surface area (Å²) in [4.78, 5) is 28.7. The van der Waals surface area contributed by atoms with Gasteiger partial charge in [0.05, 0.1) is 24.3 Å². The number of hydrogen-bond acceptors (Lipinski definition) is 5. The van der Waals surface area contributed by atoms with E-state index in [0.29, 0.717) is 24.3 Å². The highest BCUT2D eigenvalue weighted by Crippen LogP contribution is 2.13. The van der Waals surface area contributed by atoms with Gasteiger partial charge in [0.25, 0.3) is 0 Å². The first-order valence-electron chi connectivity index (χ1n) is 15.0. The molecule has 36 heavy (non-hydrogen) atoms. The van der Waals surface area contributed by atoms with Crippen molar-refractivity contribution in [2.45, 2.75) is 142 Å². The van der Waals surface area contributed by atoms with Crippen molar-refractivity contribution in [2.75, 3.05) is 13.2 Å². The Kier molecular flexibility index (Phi) is 21.0. The Morgan fingerprint density at radius 1 is 0.528 bits per heavy atom. The van der Waals surface area contributed by atoms with E-state index in [0.717, 1.165) is 25.7 Å². The Morgan fingerprint density at radius 3 is 1.17 bits per heavy atom. The molecule has 1 aromatic heterocycles. The van der Waals surface area contributed by atoms with E-state index in [9.17, 15) is 9.59 Å². The summed E-state index contributed by atoms with van der Waals surface area (Å²) in [7, 11) is 0. The van der Waals surface area contributed by atoms with Crippen LogP contribution in [0.4, 0.5) is 0 Å². The van der Waals surface area contributed by atoms with Crippen molar-refractivity contribution in [3.63, 3.8) is 0 Å². The molecular formula is C31H53NO4. The quantitative estimate of drug-likeness (QED) is 0.104. The third-order valence-corrected chi connectivity index (χ3v) is 6.67. The molecule has 0 unspecified atom stereocenters. The summed E-state index contributed by atoms with van der Waals surface area (Å²) in [6.45, 7) is 5.30. The van der Waals surface area contributed by atoms with Crippen molar-refractivity contribution < 1.29 is 19.1 Å².